The number of hydrogen-bond acceptors (Lipinski definition) is 6. The summed E-state index contributed by atoms with van der Waals surface area (Å²) >= 11 is 0. The molecular formula is C19H29N5O. The van der Waals surface area contributed by atoms with E-state index in [4.69, 9.17) is 21.2 Å². The second-order valence-electron chi connectivity index (χ2n) is 6.84. The van der Waals surface area contributed by atoms with Crippen LogP contribution in [0.1, 0.15) is 58.8 Å². The molecule has 0 atom stereocenters. The molecule has 4 N–H and O–H groups in total. The number of nitrogens with two attached hydrogens (primary N) is 2. The molecule has 1 aromatic rings. The molecule has 3 rings (SSSR count). The highest BCUT2D eigenvalue weighted by Crippen LogP contribution is 2.42. The molecule has 2 aliphatic rings. The molecule has 0 unspecified atom stereocenters. The van der Waals surface area contributed by atoms with Crippen molar-refractivity contribution in [3.05, 3.63) is 24.3 Å². The fourth-order valence-corrected chi connectivity index (χ4v) is 3.85. The predicted octanol–water partition coefficient (Wildman–Crippen LogP) is 3.36. The topological polar surface area (TPSA) is 89.2 Å². The first-order valence-electron chi connectivity index (χ1n) is 9.35. The lowest BCUT2D eigenvalue weighted by atomic mass is 9.87. The van der Waals surface area contributed by atoms with E-state index in [1.165, 1.54) is 6.42 Å². The average Bonchev–Trinajstić information content (AvgIpc) is 2.60. The van der Waals surface area contributed by atoms with E-state index in [0.29, 0.717) is 5.96 Å². The molecular weight excluding hydrogens is 314 g/mol. The van der Waals surface area contributed by atoms with Crippen LogP contribution in [-0.2, 0) is 0 Å². The van der Waals surface area contributed by atoms with Crippen molar-refractivity contribution in [1.82, 2.24) is 0 Å². The molecule has 1 aromatic carbocycles. The van der Waals surface area contributed by atoms with Crippen LogP contribution in [-0.4, -0.2) is 23.7 Å². The molecule has 1 aliphatic carbocycles. The van der Waals surface area contributed by atoms with E-state index in [1.54, 1.807) is 0 Å². The largest absolute Gasteiger partial charge is 0.488 e. The van der Waals surface area contributed by atoms with E-state index in [-0.39, 0.29) is 12.1 Å². The number of rotatable bonds is 5. The summed E-state index contributed by atoms with van der Waals surface area (Å²) in [5, 5.41) is 0. The number of hydrogen-bond donors (Lipinski definition) is 2. The van der Waals surface area contributed by atoms with Crippen LogP contribution >= 0.6 is 0 Å². The minimum atomic E-state index is -0.443. The van der Waals surface area contributed by atoms with E-state index >= 15 is 0 Å². The molecule has 0 aromatic heterocycles. The summed E-state index contributed by atoms with van der Waals surface area (Å²) < 4.78 is 6.27. The van der Waals surface area contributed by atoms with Gasteiger partial charge in [-0.1, -0.05) is 32.4 Å². The van der Waals surface area contributed by atoms with Gasteiger partial charge in [0.2, 0.25) is 11.9 Å². The van der Waals surface area contributed by atoms with Gasteiger partial charge in [0.1, 0.15) is 11.4 Å². The normalized spacial score (nSPS) is 19.7. The van der Waals surface area contributed by atoms with Crippen LogP contribution in [0.25, 0.3) is 0 Å². The van der Waals surface area contributed by atoms with Gasteiger partial charge in [-0.25, -0.2) is 4.99 Å². The second-order valence-corrected chi connectivity index (χ2v) is 6.84. The minimum absolute atomic E-state index is 0.181. The van der Waals surface area contributed by atoms with Crippen LogP contribution in [0, 0.1) is 0 Å². The Bertz CT molecular complexity index is 660. The van der Waals surface area contributed by atoms with Crippen molar-refractivity contribution in [1.29, 1.82) is 0 Å². The van der Waals surface area contributed by atoms with E-state index in [1.807, 2.05) is 29.2 Å². The van der Waals surface area contributed by atoms with Crippen molar-refractivity contribution in [2.75, 3.05) is 4.90 Å². The van der Waals surface area contributed by atoms with Crippen LogP contribution in [0.3, 0.4) is 0 Å². The Kier molecular flexibility index (Phi) is 5.16. The summed E-state index contributed by atoms with van der Waals surface area (Å²) in [6, 6.07) is 8.02. The van der Waals surface area contributed by atoms with Crippen molar-refractivity contribution >= 4 is 17.6 Å². The highest BCUT2D eigenvalue weighted by molar-refractivity contribution is 6.06. The van der Waals surface area contributed by atoms with Crippen LogP contribution in [0.2, 0.25) is 0 Å². The van der Waals surface area contributed by atoms with E-state index in [0.717, 1.165) is 50.0 Å². The molecule has 1 spiro atoms. The highest BCUT2D eigenvalue weighted by atomic mass is 16.5. The van der Waals surface area contributed by atoms with Gasteiger partial charge in [0, 0.05) is 0 Å². The second kappa shape index (κ2) is 7.33. The van der Waals surface area contributed by atoms with Gasteiger partial charge in [-0.3, -0.25) is 4.90 Å². The Morgan fingerprint density at radius 3 is 2.48 bits per heavy atom. The number of benzene rings is 1. The van der Waals surface area contributed by atoms with Gasteiger partial charge in [-0.05, 0) is 50.7 Å². The minimum Gasteiger partial charge on any atom is -0.488 e. The summed E-state index contributed by atoms with van der Waals surface area (Å²) in [4.78, 5) is 11.0. The fourth-order valence-electron chi connectivity index (χ4n) is 3.85. The lowest BCUT2D eigenvalue weighted by molar-refractivity contribution is 0.192. The average molecular weight is 343 g/mol. The van der Waals surface area contributed by atoms with Crippen LogP contribution in [0.5, 0.6) is 5.75 Å². The number of anilines is 1. The molecule has 0 bridgehead atoms. The number of guanidine groups is 2. The number of para-hydroxylation sites is 2. The van der Waals surface area contributed by atoms with E-state index < -0.39 is 5.66 Å². The van der Waals surface area contributed by atoms with Crippen molar-refractivity contribution < 1.29 is 4.74 Å². The zero-order valence-corrected chi connectivity index (χ0v) is 15.2. The molecule has 1 saturated carbocycles. The third-order valence-corrected chi connectivity index (χ3v) is 5.16. The summed E-state index contributed by atoms with van der Waals surface area (Å²) in [6.45, 7) is 4.28. The van der Waals surface area contributed by atoms with Crippen LogP contribution in [0.15, 0.2) is 34.3 Å². The Balaban J connectivity index is 2.03. The quantitative estimate of drug-likeness (QED) is 0.858. The molecule has 1 heterocycles. The first-order valence-corrected chi connectivity index (χ1v) is 9.35. The predicted molar refractivity (Wildman–Crippen MR) is 103 cm³/mol. The molecule has 1 fully saturated rings. The van der Waals surface area contributed by atoms with E-state index in [2.05, 4.69) is 18.8 Å². The summed E-state index contributed by atoms with van der Waals surface area (Å²) in [5.41, 5.74) is 12.8. The SMILES string of the molecule is CCC(CC)Oc1ccccc1N1C(N)=NC(N)=NC12CCCCC2. The molecule has 6 nitrogen and oxygen atoms in total. The van der Waals surface area contributed by atoms with Crippen molar-refractivity contribution in [2.24, 2.45) is 21.5 Å². The third-order valence-electron chi connectivity index (χ3n) is 5.16. The fraction of sp³-hybridized carbons (Fsp3) is 0.579. The Labute approximate surface area is 150 Å². The van der Waals surface area contributed by atoms with Gasteiger partial charge in [0.05, 0.1) is 11.8 Å². The van der Waals surface area contributed by atoms with Gasteiger partial charge in [0.25, 0.3) is 0 Å². The maximum Gasteiger partial charge on any atom is 0.220 e. The van der Waals surface area contributed by atoms with Gasteiger partial charge < -0.3 is 16.2 Å². The molecule has 136 valence electrons. The lowest BCUT2D eigenvalue weighted by Crippen LogP contribution is -2.58. The maximum atomic E-state index is 6.33. The Hall–Kier alpha value is -2.24. The van der Waals surface area contributed by atoms with E-state index in [9.17, 15) is 0 Å². The van der Waals surface area contributed by atoms with Gasteiger partial charge >= 0.3 is 0 Å². The summed E-state index contributed by atoms with van der Waals surface area (Å²) in [7, 11) is 0. The number of ether oxygens (including phenoxy) is 1. The zero-order valence-electron chi connectivity index (χ0n) is 15.2. The first-order chi connectivity index (χ1) is 12.1. The number of aliphatic imine (C=N–C) groups is 2. The molecule has 1 aliphatic heterocycles. The van der Waals surface area contributed by atoms with Crippen LogP contribution in [0.4, 0.5) is 5.69 Å². The Morgan fingerprint density at radius 1 is 1.12 bits per heavy atom. The molecule has 25 heavy (non-hydrogen) atoms. The zero-order chi connectivity index (χ0) is 17.9. The highest BCUT2D eigenvalue weighted by Gasteiger charge is 2.43. The molecule has 0 radical (unpaired) electrons. The molecule has 0 saturated heterocycles. The summed E-state index contributed by atoms with van der Waals surface area (Å²) in [6.07, 6.45) is 7.38. The van der Waals surface area contributed by atoms with Crippen molar-refractivity contribution in [3.8, 4) is 5.75 Å². The lowest BCUT2D eigenvalue weighted by Gasteiger charge is -2.46. The smallest absolute Gasteiger partial charge is 0.220 e. The van der Waals surface area contributed by atoms with Gasteiger partial charge in [-0.15, -0.1) is 0 Å². The summed E-state index contributed by atoms with van der Waals surface area (Å²) in [5.74, 6) is 1.50. The number of nitrogens with zero attached hydrogens (tertiary/aromatic N) is 3. The molecule has 0 amide bonds. The maximum absolute atomic E-state index is 6.33. The molecule has 6 heteroatoms. The standard InChI is InChI=1S/C19H29N5O/c1-3-14(4-2)25-16-11-7-6-10-15(16)24-18(21)22-17(20)23-19(24)12-8-5-9-13-19/h6-7,10-11,14H,3-5,8-9,12-13H2,1-2H3,(H4,20,21,22,23). The van der Waals surface area contributed by atoms with Gasteiger partial charge in [-0.2, -0.15) is 4.99 Å². The monoisotopic (exact) mass is 343 g/mol. The Morgan fingerprint density at radius 2 is 1.80 bits per heavy atom. The van der Waals surface area contributed by atoms with Gasteiger partial charge in [0.15, 0.2) is 0 Å². The third kappa shape index (κ3) is 3.43. The van der Waals surface area contributed by atoms with Crippen molar-refractivity contribution in [3.63, 3.8) is 0 Å². The van der Waals surface area contributed by atoms with Crippen molar-refractivity contribution in [2.45, 2.75) is 70.6 Å². The van der Waals surface area contributed by atoms with Crippen LogP contribution < -0.4 is 21.1 Å². The first kappa shape index (κ1) is 17.6.